The SMILES string of the molecule is CN1CCC(CCNc2cc(Cl)nc(N)n2)CC1. The van der Waals surface area contributed by atoms with Crippen molar-refractivity contribution in [2.45, 2.75) is 19.3 Å². The fourth-order valence-corrected chi connectivity index (χ4v) is 2.47. The minimum atomic E-state index is 0.212. The zero-order valence-corrected chi connectivity index (χ0v) is 11.5. The van der Waals surface area contributed by atoms with Crippen LogP contribution in [0, 0.1) is 5.92 Å². The summed E-state index contributed by atoms with van der Waals surface area (Å²) in [5.41, 5.74) is 5.54. The van der Waals surface area contributed by atoms with Gasteiger partial charge in [0.25, 0.3) is 0 Å². The summed E-state index contributed by atoms with van der Waals surface area (Å²) in [6, 6.07) is 1.70. The predicted molar refractivity (Wildman–Crippen MR) is 74.8 cm³/mol. The van der Waals surface area contributed by atoms with E-state index in [0.29, 0.717) is 11.0 Å². The number of hydrogen-bond acceptors (Lipinski definition) is 5. The van der Waals surface area contributed by atoms with Gasteiger partial charge in [0.05, 0.1) is 0 Å². The number of nitrogens with one attached hydrogen (secondary N) is 1. The van der Waals surface area contributed by atoms with Crippen molar-refractivity contribution in [1.82, 2.24) is 14.9 Å². The molecule has 3 N–H and O–H groups in total. The van der Waals surface area contributed by atoms with Crippen LogP contribution in [0.3, 0.4) is 0 Å². The first-order valence-electron chi connectivity index (χ1n) is 6.36. The Bertz CT molecular complexity index is 370. The summed E-state index contributed by atoms with van der Waals surface area (Å²) in [6.07, 6.45) is 3.73. The van der Waals surface area contributed by atoms with E-state index in [0.717, 1.165) is 18.9 Å². The second-order valence-electron chi connectivity index (χ2n) is 4.90. The fraction of sp³-hybridized carbons (Fsp3) is 0.667. The standard InChI is InChI=1S/C12H20ClN5/c1-18-6-3-9(4-7-18)2-5-15-11-8-10(13)16-12(14)17-11/h8-9H,2-7H2,1H3,(H3,14,15,16,17). The van der Waals surface area contributed by atoms with Gasteiger partial charge in [-0.1, -0.05) is 11.6 Å². The molecule has 0 spiro atoms. The predicted octanol–water partition coefficient (Wildman–Crippen LogP) is 1.86. The average molecular weight is 270 g/mol. The lowest BCUT2D eigenvalue weighted by Gasteiger charge is -2.28. The molecule has 2 rings (SSSR count). The maximum absolute atomic E-state index is 5.82. The van der Waals surface area contributed by atoms with Crippen LogP contribution in [0.4, 0.5) is 11.8 Å². The molecule has 1 aliphatic rings. The molecule has 18 heavy (non-hydrogen) atoms. The first kappa shape index (κ1) is 13.4. The van der Waals surface area contributed by atoms with Crippen molar-refractivity contribution in [3.8, 4) is 0 Å². The van der Waals surface area contributed by atoms with Gasteiger partial charge in [0, 0.05) is 12.6 Å². The third-order valence-electron chi connectivity index (χ3n) is 3.41. The minimum absolute atomic E-state index is 0.212. The van der Waals surface area contributed by atoms with Crippen molar-refractivity contribution in [3.05, 3.63) is 11.2 Å². The van der Waals surface area contributed by atoms with Crippen LogP contribution in [0.25, 0.3) is 0 Å². The highest BCUT2D eigenvalue weighted by atomic mass is 35.5. The summed E-state index contributed by atoms with van der Waals surface area (Å²) in [5, 5.41) is 3.63. The van der Waals surface area contributed by atoms with Crippen molar-refractivity contribution < 1.29 is 0 Å². The first-order valence-corrected chi connectivity index (χ1v) is 6.74. The van der Waals surface area contributed by atoms with E-state index in [4.69, 9.17) is 17.3 Å². The second-order valence-corrected chi connectivity index (χ2v) is 5.28. The van der Waals surface area contributed by atoms with E-state index in [1.807, 2.05) is 0 Å². The lowest BCUT2D eigenvalue weighted by Crippen LogP contribution is -2.30. The van der Waals surface area contributed by atoms with Gasteiger partial charge in [-0.25, -0.2) is 4.98 Å². The Hall–Kier alpha value is -1.07. The van der Waals surface area contributed by atoms with Gasteiger partial charge in [-0.05, 0) is 45.3 Å². The van der Waals surface area contributed by atoms with Crippen LogP contribution in [0.15, 0.2) is 6.07 Å². The topological polar surface area (TPSA) is 67.1 Å². The van der Waals surface area contributed by atoms with E-state index in [9.17, 15) is 0 Å². The number of hydrogen-bond donors (Lipinski definition) is 2. The molecule has 100 valence electrons. The lowest BCUT2D eigenvalue weighted by molar-refractivity contribution is 0.215. The molecule has 0 atom stereocenters. The largest absolute Gasteiger partial charge is 0.370 e. The van der Waals surface area contributed by atoms with Gasteiger partial charge in [0.15, 0.2) is 0 Å². The molecule has 5 nitrogen and oxygen atoms in total. The van der Waals surface area contributed by atoms with Crippen molar-refractivity contribution in [3.63, 3.8) is 0 Å². The Morgan fingerprint density at radius 1 is 1.44 bits per heavy atom. The van der Waals surface area contributed by atoms with Crippen LogP contribution < -0.4 is 11.1 Å². The maximum atomic E-state index is 5.82. The lowest BCUT2D eigenvalue weighted by atomic mass is 9.94. The smallest absolute Gasteiger partial charge is 0.223 e. The Labute approximate surface area is 113 Å². The summed E-state index contributed by atoms with van der Waals surface area (Å²) in [6.45, 7) is 3.31. The van der Waals surface area contributed by atoms with E-state index in [-0.39, 0.29) is 5.95 Å². The molecule has 0 radical (unpaired) electrons. The fourth-order valence-electron chi connectivity index (χ4n) is 2.28. The average Bonchev–Trinajstić information content (AvgIpc) is 2.30. The number of aromatic nitrogens is 2. The number of nitrogen functional groups attached to an aromatic ring is 1. The number of halogens is 1. The molecule has 1 aliphatic heterocycles. The third kappa shape index (κ3) is 3.99. The molecule has 0 aromatic carbocycles. The highest BCUT2D eigenvalue weighted by Crippen LogP contribution is 2.19. The molecule has 2 heterocycles. The van der Waals surface area contributed by atoms with E-state index >= 15 is 0 Å². The minimum Gasteiger partial charge on any atom is -0.370 e. The molecule has 0 saturated carbocycles. The highest BCUT2D eigenvalue weighted by molar-refractivity contribution is 6.29. The van der Waals surface area contributed by atoms with Gasteiger partial charge < -0.3 is 16.0 Å². The summed E-state index contributed by atoms with van der Waals surface area (Å²) >= 11 is 5.82. The van der Waals surface area contributed by atoms with Crippen LogP contribution in [-0.4, -0.2) is 41.5 Å². The number of nitrogens with zero attached hydrogens (tertiary/aromatic N) is 3. The number of piperidine rings is 1. The highest BCUT2D eigenvalue weighted by Gasteiger charge is 2.15. The van der Waals surface area contributed by atoms with Crippen molar-refractivity contribution >= 4 is 23.4 Å². The quantitative estimate of drug-likeness (QED) is 0.817. The number of likely N-dealkylation sites (tertiary alicyclic amines) is 1. The molecular weight excluding hydrogens is 250 g/mol. The van der Waals surface area contributed by atoms with Crippen LogP contribution in [-0.2, 0) is 0 Å². The normalized spacial score (nSPS) is 17.9. The van der Waals surface area contributed by atoms with Gasteiger partial charge >= 0.3 is 0 Å². The van der Waals surface area contributed by atoms with Crippen LogP contribution in [0.1, 0.15) is 19.3 Å². The molecule has 1 fully saturated rings. The molecule has 1 aromatic heterocycles. The van der Waals surface area contributed by atoms with E-state index in [1.165, 1.54) is 25.9 Å². The second kappa shape index (κ2) is 6.20. The van der Waals surface area contributed by atoms with Gasteiger partial charge in [-0.15, -0.1) is 0 Å². The maximum Gasteiger partial charge on any atom is 0.223 e. The number of rotatable bonds is 4. The van der Waals surface area contributed by atoms with Crippen molar-refractivity contribution in [2.24, 2.45) is 5.92 Å². The monoisotopic (exact) mass is 269 g/mol. The summed E-state index contributed by atoms with van der Waals surface area (Å²) < 4.78 is 0. The van der Waals surface area contributed by atoms with Crippen molar-refractivity contribution in [2.75, 3.05) is 37.7 Å². The van der Waals surface area contributed by atoms with Crippen LogP contribution >= 0.6 is 11.6 Å². The molecule has 1 aromatic rings. The Balaban J connectivity index is 1.74. The van der Waals surface area contributed by atoms with Gasteiger partial charge in [-0.3, -0.25) is 0 Å². The number of anilines is 2. The molecule has 6 heteroatoms. The molecule has 0 aliphatic carbocycles. The van der Waals surface area contributed by atoms with Crippen LogP contribution in [0.2, 0.25) is 5.15 Å². The van der Waals surface area contributed by atoms with Crippen LogP contribution in [0.5, 0.6) is 0 Å². The molecule has 1 saturated heterocycles. The molecule has 0 unspecified atom stereocenters. The van der Waals surface area contributed by atoms with Crippen molar-refractivity contribution in [1.29, 1.82) is 0 Å². The van der Waals surface area contributed by atoms with Gasteiger partial charge in [0.2, 0.25) is 5.95 Å². The first-order chi connectivity index (χ1) is 8.63. The zero-order chi connectivity index (χ0) is 13.0. The Morgan fingerprint density at radius 2 is 2.17 bits per heavy atom. The Morgan fingerprint density at radius 3 is 2.83 bits per heavy atom. The van der Waals surface area contributed by atoms with E-state index < -0.39 is 0 Å². The van der Waals surface area contributed by atoms with E-state index in [1.54, 1.807) is 6.07 Å². The summed E-state index contributed by atoms with van der Waals surface area (Å²) in [5.74, 6) is 1.73. The summed E-state index contributed by atoms with van der Waals surface area (Å²) in [7, 11) is 2.18. The summed E-state index contributed by atoms with van der Waals surface area (Å²) in [4.78, 5) is 10.3. The van der Waals surface area contributed by atoms with Gasteiger partial charge in [-0.2, -0.15) is 4.98 Å². The Kier molecular flexibility index (Phi) is 4.60. The van der Waals surface area contributed by atoms with E-state index in [2.05, 4.69) is 27.2 Å². The number of nitrogens with two attached hydrogens (primary N) is 1. The molecular formula is C12H20ClN5. The third-order valence-corrected chi connectivity index (χ3v) is 3.60. The zero-order valence-electron chi connectivity index (χ0n) is 10.7. The van der Waals surface area contributed by atoms with Gasteiger partial charge in [0.1, 0.15) is 11.0 Å². The molecule has 0 amide bonds. The molecule has 0 bridgehead atoms.